The Hall–Kier alpha value is -4.02. The molecule has 0 bridgehead atoms. The molecule has 0 aliphatic carbocycles. The number of hydrogen-bond acceptors (Lipinski definition) is 4. The van der Waals surface area contributed by atoms with Crippen molar-refractivity contribution in [3.63, 3.8) is 0 Å². The van der Waals surface area contributed by atoms with Crippen molar-refractivity contribution < 1.29 is 13.9 Å². The monoisotopic (exact) mass is 454 g/mol. The summed E-state index contributed by atoms with van der Waals surface area (Å²) in [5.74, 6) is -0.603. The lowest BCUT2D eigenvalue weighted by Gasteiger charge is -2.26. The molecule has 1 aliphatic rings. The van der Waals surface area contributed by atoms with E-state index in [1.54, 1.807) is 18.2 Å². The van der Waals surface area contributed by atoms with Gasteiger partial charge in [-0.3, -0.25) is 4.79 Å². The van der Waals surface area contributed by atoms with Crippen molar-refractivity contribution in [2.45, 2.75) is 25.6 Å². The van der Waals surface area contributed by atoms with Crippen LogP contribution in [-0.2, 0) is 11.3 Å². The molecule has 1 N–H and O–H groups in total. The maximum atomic E-state index is 13.1. The van der Waals surface area contributed by atoms with Crippen molar-refractivity contribution in [2.24, 2.45) is 5.92 Å². The third-order valence-corrected chi connectivity index (χ3v) is 6.09. The fourth-order valence-electron chi connectivity index (χ4n) is 4.25. The zero-order chi connectivity index (χ0) is 23.5. The number of fused-ring (bicyclic) bond motifs is 1. The molecule has 0 spiro atoms. The summed E-state index contributed by atoms with van der Waals surface area (Å²) < 4.78 is 21.0. The molecule has 1 amide bonds. The van der Waals surface area contributed by atoms with Crippen molar-refractivity contribution in [1.29, 1.82) is 5.26 Å². The van der Waals surface area contributed by atoms with Gasteiger partial charge in [0.2, 0.25) is 0 Å². The van der Waals surface area contributed by atoms with Crippen molar-refractivity contribution >= 4 is 16.8 Å². The van der Waals surface area contributed by atoms with E-state index in [2.05, 4.69) is 11.4 Å². The molecule has 2 unspecified atom stereocenters. The van der Waals surface area contributed by atoms with Crippen molar-refractivity contribution in [2.75, 3.05) is 6.61 Å². The zero-order valence-corrected chi connectivity index (χ0v) is 18.4. The van der Waals surface area contributed by atoms with E-state index in [0.717, 1.165) is 40.6 Å². The quantitative estimate of drug-likeness (QED) is 0.448. The second-order valence-electron chi connectivity index (χ2n) is 8.39. The minimum atomic E-state index is -0.307. The molecule has 2 heterocycles. The molecule has 5 rings (SSSR count). The summed E-state index contributed by atoms with van der Waals surface area (Å²) in [6, 6.07) is 23.6. The van der Waals surface area contributed by atoms with E-state index in [0.29, 0.717) is 18.7 Å². The maximum absolute atomic E-state index is 13.1. The summed E-state index contributed by atoms with van der Waals surface area (Å²) in [7, 11) is 0. The number of hydrogen-bond donors (Lipinski definition) is 1. The second kappa shape index (κ2) is 9.46. The van der Waals surface area contributed by atoms with Crippen LogP contribution in [-0.4, -0.2) is 22.3 Å². The predicted molar refractivity (Wildman–Crippen MR) is 126 cm³/mol. The summed E-state index contributed by atoms with van der Waals surface area (Å²) in [5.41, 5.74) is 3.89. The minimum absolute atomic E-state index is 0.0809. The lowest BCUT2D eigenvalue weighted by atomic mass is 10.0. The number of nitriles is 1. The topological polar surface area (TPSA) is 79.9 Å². The number of amides is 1. The Kier molecular flexibility index (Phi) is 6.07. The molecule has 0 radical (unpaired) electrons. The number of para-hydroxylation sites is 1. The molecule has 1 saturated heterocycles. The van der Waals surface area contributed by atoms with Gasteiger partial charge in [0.15, 0.2) is 6.23 Å². The number of aromatic nitrogens is 2. The molecule has 1 aliphatic heterocycles. The van der Waals surface area contributed by atoms with Crippen LogP contribution in [0.1, 0.15) is 35.0 Å². The Morgan fingerprint density at radius 3 is 2.71 bits per heavy atom. The number of carbonyl (C=O) groups excluding carboxylic acids is 1. The molecule has 7 heteroatoms. The van der Waals surface area contributed by atoms with Gasteiger partial charge in [-0.1, -0.05) is 42.5 Å². The fourth-order valence-corrected chi connectivity index (χ4v) is 4.25. The standard InChI is InChI=1S/C27H23FN4O2/c28-22-11-8-18(9-12-22)16-30-27(33)21-5-3-4-20(14-21)26-23-6-1-2-7-24(23)32(31-26)25-13-10-19(15-29)17-34-25/h1-9,11-12,14,19,25H,10,13,16-17H2,(H,30,33). The van der Waals surface area contributed by atoms with Crippen LogP contribution >= 0.6 is 0 Å². The van der Waals surface area contributed by atoms with Gasteiger partial charge in [0.25, 0.3) is 5.91 Å². The van der Waals surface area contributed by atoms with Crippen LogP contribution in [0.15, 0.2) is 72.8 Å². The Balaban J connectivity index is 1.41. The highest BCUT2D eigenvalue weighted by Crippen LogP contribution is 2.34. The highest BCUT2D eigenvalue weighted by atomic mass is 19.1. The van der Waals surface area contributed by atoms with Gasteiger partial charge in [-0.05, 0) is 48.7 Å². The van der Waals surface area contributed by atoms with Crippen LogP contribution < -0.4 is 5.32 Å². The van der Waals surface area contributed by atoms with Gasteiger partial charge in [0.1, 0.15) is 11.5 Å². The molecule has 3 aromatic carbocycles. The van der Waals surface area contributed by atoms with Crippen LogP contribution in [0.4, 0.5) is 4.39 Å². The normalized spacial score (nSPS) is 17.9. The number of halogens is 1. The van der Waals surface area contributed by atoms with Gasteiger partial charge in [-0.2, -0.15) is 10.4 Å². The first-order valence-electron chi connectivity index (χ1n) is 11.2. The summed E-state index contributed by atoms with van der Waals surface area (Å²) in [5, 5.41) is 17.9. The molecular weight excluding hydrogens is 431 g/mol. The van der Waals surface area contributed by atoms with Gasteiger partial charge < -0.3 is 10.1 Å². The summed E-state index contributed by atoms with van der Waals surface area (Å²) in [6.45, 7) is 0.706. The Bertz CT molecular complexity index is 1370. The SMILES string of the molecule is N#CC1CCC(n2nc(-c3cccc(C(=O)NCc4ccc(F)cc4)c3)c3ccccc32)OC1. The highest BCUT2D eigenvalue weighted by molar-refractivity contribution is 5.98. The average Bonchev–Trinajstić information content (AvgIpc) is 3.28. The van der Waals surface area contributed by atoms with E-state index >= 15 is 0 Å². The van der Waals surface area contributed by atoms with Crippen molar-refractivity contribution in [3.05, 3.63) is 89.7 Å². The molecule has 1 aromatic heterocycles. The second-order valence-corrected chi connectivity index (χ2v) is 8.39. The maximum Gasteiger partial charge on any atom is 0.251 e. The van der Waals surface area contributed by atoms with Crippen molar-refractivity contribution in [1.82, 2.24) is 15.1 Å². The third kappa shape index (κ3) is 4.41. The highest BCUT2D eigenvalue weighted by Gasteiger charge is 2.26. The Morgan fingerprint density at radius 2 is 1.94 bits per heavy atom. The molecule has 6 nitrogen and oxygen atoms in total. The summed E-state index contributed by atoms with van der Waals surface area (Å²) >= 11 is 0. The average molecular weight is 455 g/mol. The first kappa shape index (κ1) is 21.8. The lowest BCUT2D eigenvalue weighted by Crippen LogP contribution is -2.24. The number of rotatable bonds is 5. The first-order chi connectivity index (χ1) is 16.6. The third-order valence-electron chi connectivity index (χ3n) is 6.09. The van der Waals surface area contributed by atoms with Crippen LogP contribution in [0.3, 0.4) is 0 Å². The van der Waals surface area contributed by atoms with E-state index in [-0.39, 0.29) is 23.9 Å². The van der Waals surface area contributed by atoms with Crippen LogP contribution in [0, 0.1) is 23.1 Å². The smallest absolute Gasteiger partial charge is 0.251 e. The summed E-state index contributed by atoms with van der Waals surface area (Å²) in [6.07, 6.45) is 1.26. The van der Waals surface area contributed by atoms with Gasteiger partial charge in [-0.25, -0.2) is 9.07 Å². The predicted octanol–water partition coefficient (Wildman–Crippen LogP) is 5.22. The van der Waals surface area contributed by atoms with Gasteiger partial charge in [0.05, 0.1) is 24.1 Å². The van der Waals surface area contributed by atoms with Gasteiger partial charge >= 0.3 is 0 Å². The number of carbonyl (C=O) groups is 1. The minimum Gasteiger partial charge on any atom is -0.355 e. The van der Waals surface area contributed by atoms with Gasteiger partial charge in [0, 0.05) is 23.1 Å². The number of nitrogens with one attached hydrogen (secondary N) is 1. The van der Waals surface area contributed by atoms with Crippen LogP contribution in [0.2, 0.25) is 0 Å². The molecular formula is C27H23FN4O2. The largest absolute Gasteiger partial charge is 0.355 e. The molecule has 170 valence electrons. The molecule has 4 aromatic rings. The lowest BCUT2D eigenvalue weighted by molar-refractivity contribution is -0.0515. The van der Waals surface area contributed by atoms with E-state index in [9.17, 15) is 9.18 Å². The van der Waals surface area contributed by atoms with Crippen LogP contribution in [0.25, 0.3) is 22.2 Å². The molecule has 2 atom stereocenters. The first-order valence-corrected chi connectivity index (χ1v) is 11.2. The fraction of sp³-hybridized carbons (Fsp3) is 0.222. The van der Waals surface area contributed by atoms with Crippen LogP contribution in [0.5, 0.6) is 0 Å². The van der Waals surface area contributed by atoms with Gasteiger partial charge in [-0.15, -0.1) is 0 Å². The zero-order valence-electron chi connectivity index (χ0n) is 18.4. The van der Waals surface area contributed by atoms with E-state index < -0.39 is 0 Å². The molecule has 0 saturated carbocycles. The number of ether oxygens (including phenoxy) is 1. The van der Waals surface area contributed by atoms with E-state index in [1.165, 1.54) is 12.1 Å². The van der Waals surface area contributed by atoms with E-state index in [1.807, 2.05) is 47.1 Å². The number of benzene rings is 3. The van der Waals surface area contributed by atoms with E-state index in [4.69, 9.17) is 15.1 Å². The Labute approximate surface area is 196 Å². The summed E-state index contributed by atoms with van der Waals surface area (Å²) in [4.78, 5) is 12.8. The molecule has 1 fully saturated rings. The Morgan fingerprint density at radius 1 is 1.12 bits per heavy atom. The number of nitrogens with zero attached hydrogens (tertiary/aromatic N) is 3. The van der Waals surface area contributed by atoms with Crippen molar-refractivity contribution in [3.8, 4) is 17.3 Å². The molecule has 34 heavy (non-hydrogen) atoms.